The van der Waals surface area contributed by atoms with Crippen molar-refractivity contribution in [3.63, 3.8) is 0 Å². The molecule has 0 aromatic rings. The first-order valence-corrected chi connectivity index (χ1v) is 4.84. The van der Waals surface area contributed by atoms with Gasteiger partial charge in [0.1, 0.15) is 0 Å². The van der Waals surface area contributed by atoms with Gasteiger partial charge >= 0.3 is 0 Å². The molecule has 0 heterocycles. The average molecular weight is 156 g/mol. The van der Waals surface area contributed by atoms with Gasteiger partial charge in [0.25, 0.3) is 0 Å². The molecule has 10 heavy (non-hydrogen) atoms. The zero-order valence-corrected chi connectivity index (χ0v) is 7.89. The van der Waals surface area contributed by atoms with Crippen LogP contribution in [-0.2, 0) is 4.43 Å². The second-order valence-electron chi connectivity index (χ2n) is 2.68. The van der Waals surface area contributed by atoms with E-state index < -0.39 is 0 Å². The minimum atomic E-state index is 0.661. The van der Waals surface area contributed by atoms with Crippen molar-refractivity contribution in [2.24, 2.45) is 5.92 Å². The molecule has 0 atom stereocenters. The maximum atomic E-state index is 5.38. The van der Waals surface area contributed by atoms with E-state index in [0.29, 0.717) is 15.7 Å². The fourth-order valence-electron chi connectivity index (χ4n) is 0.459. The maximum Gasteiger partial charge on any atom is 0.229 e. The van der Waals surface area contributed by atoms with Crippen LogP contribution >= 0.6 is 0 Å². The second-order valence-corrected chi connectivity index (χ2v) is 3.75. The van der Waals surface area contributed by atoms with Gasteiger partial charge in [0.2, 0.25) is 9.76 Å². The molecule has 1 nitrogen and oxygen atoms in total. The molecule has 0 N–H and O–H groups in total. The molecule has 0 unspecified atom stereocenters. The monoisotopic (exact) mass is 156 g/mol. The largest absolute Gasteiger partial charge is 0.417 e. The molecule has 0 aliphatic carbocycles. The van der Waals surface area contributed by atoms with E-state index >= 15 is 0 Å². The normalized spacial score (nSPS) is 10.3. The van der Waals surface area contributed by atoms with Crippen molar-refractivity contribution in [3.8, 4) is 0 Å². The third-order valence-electron chi connectivity index (χ3n) is 0.969. The highest BCUT2D eigenvalue weighted by atomic mass is 28.2. The summed E-state index contributed by atoms with van der Waals surface area (Å²) in [5.41, 5.74) is 0. The molecule has 2 heteroatoms. The first-order valence-electron chi connectivity index (χ1n) is 3.73. The van der Waals surface area contributed by atoms with Crippen LogP contribution in [0.3, 0.4) is 0 Å². The molecule has 0 fully saturated rings. The molecule has 0 rings (SSSR count). The van der Waals surface area contributed by atoms with Crippen LogP contribution in [0.15, 0.2) is 12.7 Å². The lowest BCUT2D eigenvalue weighted by molar-refractivity contribution is 0.284. The van der Waals surface area contributed by atoms with Crippen LogP contribution in [0, 0.1) is 5.92 Å². The second kappa shape index (κ2) is 7.03. The van der Waals surface area contributed by atoms with Gasteiger partial charge in [-0.15, -0.1) is 6.58 Å². The first-order chi connectivity index (χ1) is 4.77. The Labute approximate surface area is 66.4 Å². The van der Waals surface area contributed by atoms with Crippen molar-refractivity contribution < 1.29 is 4.43 Å². The lowest BCUT2D eigenvalue weighted by atomic mass is 10.2. The van der Waals surface area contributed by atoms with E-state index in [9.17, 15) is 0 Å². The highest BCUT2D eigenvalue weighted by molar-refractivity contribution is 6.27. The van der Waals surface area contributed by atoms with E-state index in [1.54, 1.807) is 0 Å². The summed E-state index contributed by atoms with van der Waals surface area (Å²) in [6, 6.07) is 1.14. The summed E-state index contributed by atoms with van der Waals surface area (Å²) in [5, 5.41) is 0. The number of allylic oxidation sites excluding steroid dienone is 1. The molecule has 0 saturated carbocycles. The smallest absolute Gasteiger partial charge is 0.229 e. The number of hydrogen-bond donors (Lipinski definition) is 0. The fourth-order valence-corrected chi connectivity index (χ4v) is 1.38. The Hall–Kier alpha value is -0.0831. The average Bonchev–Trinajstić information content (AvgIpc) is 1.87. The lowest BCUT2D eigenvalue weighted by Gasteiger charge is -2.03. The summed E-state index contributed by atoms with van der Waals surface area (Å²) >= 11 is 0. The Bertz CT molecular complexity index is 81.3. The van der Waals surface area contributed by atoms with Gasteiger partial charge in [-0.25, -0.2) is 0 Å². The van der Waals surface area contributed by atoms with Gasteiger partial charge in [-0.3, -0.25) is 0 Å². The van der Waals surface area contributed by atoms with Gasteiger partial charge in [-0.1, -0.05) is 19.9 Å². The molecule has 0 spiro atoms. The van der Waals surface area contributed by atoms with E-state index in [0.717, 1.165) is 19.1 Å². The number of hydrogen-bond acceptors (Lipinski definition) is 1. The topological polar surface area (TPSA) is 9.23 Å². The summed E-state index contributed by atoms with van der Waals surface area (Å²) in [5.74, 6) is 0.663. The Morgan fingerprint density at radius 1 is 1.60 bits per heavy atom. The number of rotatable bonds is 6. The van der Waals surface area contributed by atoms with Crippen molar-refractivity contribution in [1.29, 1.82) is 0 Å². The Morgan fingerprint density at radius 3 is 2.80 bits per heavy atom. The van der Waals surface area contributed by atoms with Crippen LogP contribution in [-0.4, -0.2) is 16.4 Å². The molecular weight excluding hydrogens is 140 g/mol. The van der Waals surface area contributed by atoms with Gasteiger partial charge in [0, 0.05) is 6.61 Å². The van der Waals surface area contributed by atoms with Crippen molar-refractivity contribution in [2.45, 2.75) is 26.3 Å². The summed E-state index contributed by atoms with van der Waals surface area (Å²) < 4.78 is 5.38. The van der Waals surface area contributed by atoms with Crippen LogP contribution in [0.4, 0.5) is 0 Å². The molecule has 0 saturated heterocycles. The predicted molar refractivity (Wildman–Crippen MR) is 46.2 cm³/mol. The SMILES string of the molecule is C=CCC[Si]OCC(C)C. The van der Waals surface area contributed by atoms with E-state index in [1.165, 1.54) is 0 Å². The molecular formula is C8H16OSi. The highest BCUT2D eigenvalue weighted by Gasteiger charge is 1.93. The molecule has 0 aromatic carbocycles. The molecule has 2 radical (unpaired) electrons. The van der Waals surface area contributed by atoms with Crippen LogP contribution in [0.2, 0.25) is 6.04 Å². The minimum Gasteiger partial charge on any atom is -0.417 e. The van der Waals surface area contributed by atoms with E-state index in [1.807, 2.05) is 6.08 Å². The summed E-state index contributed by atoms with van der Waals surface area (Å²) in [6.07, 6.45) is 3.02. The fraction of sp³-hybridized carbons (Fsp3) is 0.750. The van der Waals surface area contributed by atoms with E-state index in [-0.39, 0.29) is 0 Å². The molecule has 0 aromatic heterocycles. The van der Waals surface area contributed by atoms with Crippen molar-refractivity contribution in [3.05, 3.63) is 12.7 Å². The van der Waals surface area contributed by atoms with Gasteiger partial charge in [-0.2, -0.15) is 0 Å². The van der Waals surface area contributed by atoms with E-state index in [4.69, 9.17) is 4.43 Å². The van der Waals surface area contributed by atoms with Crippen molar-refractivity contribution >= 4 is 9.76 Å². The molecule has 58 valence electrons. The zero-order chi connectivity index (χ0) is 7.82. The summed E-state index contributed by atoms with van der Waals surface area (Å²) in [4.78, 5) is 0. The Balaban J connectivity index is 2.83. The summed E-state index contributed by atoms with van der Waals surface area (Å²) in [7, 11) is 0.661. The van der Waals surface area contributed by atoms with Crippen molar-refractivity contribution in [2.75, 3.05) is 6.61 Å². The van der Waals surface area contributed by atoms with Gasteiger partial charge < -0.3 is 4.43 Å². The van der Waals surface area contributed by atoms with Gasteiger partial charge in [-0.05, 0) is 18.4 Å². The zero-order valence-electron chi connectivity index (χ0n) is 6.89. The molecule has 0 amide bonds. The van der Waals surface area contributed by atoms with Crippen molar-refractivity contribution in [1.82, 2.24) is 0 Å². The van der Waals surface area contributed by atoms with Crippen LogP contribution in [0.25, 0.3) is 0 Å². The third-order valence-corrected chi connectivity index (χ3v) is 1.83. The van der Waals surface area contributed by atoms with Crippen LogP contribution < -0.4 is 0 Å². The molecule has 0 aliphatic heterocycles. The molecule has 0 aliphatic rings. The summed E-state index contributed by atoms with van der Waals surface area (Å²) in [6.45, 7) is 8.87. The first kappa shape index (κ1) is 9.92. The van der Waals surface area contributed by atoms with Crippen LogP contribution in [0.5, 0.6) is 0 Å². The quantitative estimate of drug-likeness (QED) is 0.326. The Kier molecular flexibility index (Phi) is 6.97. The maximum absolute atomic E-state index is 5.38. The van der Waals surface area contributed by atoms with Gasteiger partial charge in [0.05, 0.1) is 0 Å². The standard InChI is InChI=1S/C8H16OSi/c1-4-5-6-10-9-7-8(2)3/h4,8H,1,5-7H2,2-3H3. The third kappa shape index (κ3) is 7.92. The van der Waals surface area contributed by atoms with E-state index in [2.05, 4.69) is 20.4 Å². The lowest BCUT2D eigenvalue weighted by Crippen LogP contribution is -2.05. The minimum absolute atomic E-state index is 0.661. The molecule has 0 bridgehead atoms. The van der Waals surface area contributed by atoms with Crippen LogP contribution in [0.1, 0.15) is 20.3 Å². The van der Waals surface area contributed by atoms with Gasteiger partial charge in [0.15, 0.2) is 0 Å². The predicted octanol–water partition coefficient (Wildman–Crippen LogP) is 2.27. The highest BCUT2D eigenvalue weighted by Crippen LogP contribution is 1.94. The Morgan fingerprint density at radius 2 is 2.30 bits per heavy atom.